The lowest BCUT2D eigenvalue weighted by molar-refractivity contribution is 0.280. The first-order valence-corrected chi connectivity index (χ1v) is 7.13. The maximum absolute atomic E-state index is 12.5. The van der Waals surface area contributed by atoms with E-state index in [1.807, 2.05) is 32.0 Å². The Labute approximate surface area is 127 Å². The fourth-order valence-corrected chi connectivity index (χ4v) is 2.21. The highest BCUT2D eigenvalue weighted by Crippen LogP contribution is 2.17. The number of benzene rings is 1. The number of H-pyrrole nitrogens is 1. The van der Waals surface area contributed by atoms with Crippen LogP contribution < -0.4 is 10.2 Å². The molecule has 0 radical (unpaired) electrons. The second kappa shape index (κ2) is 5.63. The lowest BCUT2D eigenvalue weighted by Gasteiger charge is -2.08. The molecule has 0 saturated heterocycles. The first-order chi connectivity index (χ1) is 10.6. The Morgan fingerprint density at radius 2 is 2.09 bits per heavy atom. The lowest BCUT2D eigenvalue weighted by Crippen LogP contribution is -2.12. The van der Waals surface area contributed by atoms with Crippen molar-refractivity contribution >= 4 is 10.9 Å². The van der Waals surface area contributed by atoms with Gasteiger partial charge in [-0.3, -0.25) is 4.79 Å². The van der Waals surface area contributed by atoms with Gasteiger partial charge in [-0.1, -0.05) is 31.1 Å². The Morgan fingerprint density at radius 1 is 1.32 bits per heavy atom. The summed E-state index contributed by atoms with van der Waals surface area (Å²) in [6.07, 6.45) is 0. The van der Waals surface area contributed by atoms with Crippen molar-refractivity contribution < 1.29 is 9.26 Å². The van der Waals surface area contributed by atoms with Gasteiger partial charge in [0.25, 0.3) is 0 Å². The molecule has 1 aromatic carbocycles. The number of nitrogens with zero attached hydrogens (tertiary/aromatic N) is 2. The SMILES string of the molecule is Cc1[nH]c2ccccc2c(=O)c1OCc1noc(C(C)C)n1. The van der Waals surface area contributed by atoms with Gasteiger partial charge in [0.15, 0.2) is 12.4 Å². The maximum atomic E-state index is 12.5. The van der Waals surface area contributed by atoms with E-state index in [0.29, 0.717) is 22.8 Å². The molecule has 0 unspecified atom stereocenters. The minimum absolute atomic E-state index is 0.0957. The molecule has 0 spiro atoms. The van der Waals surface area contributed by atoms with Crippen LogP contribution in [0.5, 0.6) is 5.75 Å². The first kappa shape index (κ1) is 14.3. The average Bonchev–Trinajstić information content (AvgIpc) is 2.96. The molecule has 0 aliphatic heterocycles. The van der Waals surface area contributed by atoms with Crippen LogP contribution in [0.1, 0.15) is 37.2 Å². The molecule has 0 aliphatic carbocycles. The monoisotopic (exact) mass is 299 g/mol. The Balaban J connectivity index is 1.88. The van der Waals surface area contributed by atoms with Crippen LogP contribution in [-0.2, 0) is 6.61 Å². The van der Waals surface area contributed by atoms with Gasteiger partial charge in [-0.15, -0.1) is 0 Å². The van der Waals surface area contributed by atoms with E-state index < -0.39 is 0 Å². The number of para-hydroxylation sites is 1. The Morgan fingerprint density at radius 3 is 2.82 bits per heavy atom. The molecule has 0 amide bonds. The smallest absolute Gasteiger partial charge is 0.231 e. The molecule has 22 heavy (non-hydrogen) atoms. The summed E-state index contributed by atoms with van der Waals surface area (Å²) >= 11 is 0. The molecule has 0 bridgehead atoms. The van der Waals surface area contributed by atoms with Crippen LogP contribution in [0.3, 0.4) is 0 Å². The summed E-state index contributed by atoms with van der Waals surface area (Å²) in [4.78, 5) is 19.9. The predicted molar refractivity (Wildman–Crippen MR) is 82.0 cm³/mol. The van der Waals surface area contributed by atoms with Crippen molar-refractivity contribution in [1.29, 1.82) is 0 Å². The molecule has 6 nitrogen and oxygen atoms in total. The van der Waals surface area contributed by atoms with E-state index in [-0.39, 0.29) is 23.7 Å². The Kier molecular flexibility index (Phi) is 3.66. The highest BCUT2D eigenvalue weighted by molar-refractivity contribution is 5.80. The summed E-state index contributed by atoms with van der Waals surface area (Å²) in [6, 6.07) is 7.34. The van der Waals surface area contributed by atoms with Gasteiger partial charge in [0.2, 0.25) is 17.1 Å². The predicted octanol–water partition coefficient (Wildman–Crippen LogP) is 2.92. The van der Waals surface area contributed by atoms with Crippen molar-refractivity contribution in [2.75, 3.05) is 0 Å². The van der Waals surface area contributed by atoms with Crippen LogP contribution in [0, 0.1) is 6.92 Å². The molecule has 114 valence electrons. The van der Waals surface area contributed by atoms with Crippen molar-refractivity contribution in [3.05, 3.63) is 51.9 Å². The highest BCUT2D eigenvalue weighted by Gasteiger charge is 2.13. The molecule has 2 aromatic heterocycles. The van der Waals surface area contributed by atoms with Crippen LogP contribution in [0.25, 0.3) is 10.9 Å². The second-order valence-corrected chi connectivity index (χ2v) is 5.45. The van der Waals surface area contributed by atoms with E-state index in [2.05, 4.69) is 15.1 Å². The topological polar surface area (TPSA) is 81.0 Å². The van der Waals surface area contributed by atoms with Crippen LogP contribution in [0.15, 0.2) is 33.6 Å². The third-order valence-electron chi connectivity index (χ3n) is 3.36. The number of hydrogen-bond donors (Lipinski definition) is 1. The molecule has 0 fully saturated rings. The number of ether oxygens (including phenoxy) is 1. The molecule has 1 N–H and O–H groups in total. The van der Waals surface area contributed by atoms with E-state index >= 15 is 0 Å². The summed E-state index contributed by atoms with van der Waals surface area (Å²) in [6.45, 7) is 5.84. The molecule has 0 atom stereocenters. The molecular weight excluding hydrogens is 282 g/mol. The van der Waals surface area contributed by atoms with E-state index in [1.165, 1.54) is 0 Å². The summed E-state index contributed by atoms with van der Waals surface area (Å²) in [5.41, 5.74) is 1.33. The summed E-state index contributed by atoms with van der Waals surface area (Å²) in [5.74, 6) is 1.43. The number of pyridine rings is 1. The summed E-state index contributed by atoms with van der Waals surface area (Å²) in [5, 5.41) is 4.45. The van der Waals surface area contributed by atoms with Crippen molar-refractivity contribution in [2.45, 2.75) is 33.3 Å². The number of hydrogen-bond acceptors (Lipinski definition) is 5. The van der Waals surface area contributed by atoms with Crippen molar-refractivity contribution in [3.63, 3.8) is 0 Å². The minimum atomic E-state index is -0.139. The van der Waals surface area contributed by atoms with Gasteiger partial charge in [0, 0.05) is 16.8 Å². The van der Waals surface area contributed by atoms with Gasteiger partial charge >= 0.3 is 0 Å². The molecule has 0 aliphatic rings. The number of nitrogens with one attached hydrogen (secondary N) is 1. The van der Waals surface area contributed by atoms with E-state index in [0.717, 1.165) is 5.52 Å². The molecule has 3 rings (SSSR count). The van der Waals surface area contributed by atoms with Crippen LogP contribution in [0.4, 0.5) is 0 Å². The molecule has 6 heteroatoms. The number of aryl methyl sites for hydroxylation is 1. The van der Waals surface area contributed by atoms with Gasteiger partial charge in [0.05, 0.1) is 5.69 Å². The zero-order chi connectivity index (χ0) is 15.7. The number of aromatic nitrogens is 3. The van der Waals surface area contributed by atoms with E-state index in [9.17, 15) is 4.79 Å². The maximum Gasteiger partial charge on any atom is 0.231 e. The van der Waals surface area contributed by atoms with Gasteiger partial charge in [-0.2, -0.15) is 4.98 Å². The quantitative estimate of drug-likeness (QED) is 0.801. The average molecular weight is 299 g/mol. The van der Waals surface area contributed by atoms with Gasteiger partial charge in [-0.25, -0.2) is 0 Å². The number of fused-ring (bicyclic) bond motifs is 1. The fraction of sp³-hybridized carbons (Fsp3) is 0.312. The third kappa shape index (κ3) is 2.59. The van der Waals surface area contributed by atoms with Crippen molar-refractivity contribution in [2.24, 2.45) is 0 Å². The summed E-state index contributed by atoms with van der Waals surface area (Å²) in [7, 11) is 0. The van der Waals surface area contributed by atoms with Crippen LogP contribution >= 0.6 is 0 Å². The largest absolute Gasteiger partial charge is 0.480 e. The Hall–Kier alpha value is -2.63. The zero-order valence-corrected chi connectivity index (χ0v) is 12.7. The van der Waals surface area contributed by atoms with Crippen molar-refractivity contribution in [1.82, 2.24) is 15.1 Å². The third-order valence-corrected chi connectivity index (χ3v) is 3.36. The highest BCUT2D eigenvalue weighted by atomic mass is 16.5. The summed E-state index contributed by atoms with van der Waals surface area (Å²) < 4.78 is 10.7. The number of rotatable bonds is 4. The molecule has 0 saturated carbocycles. The van der Waals surface area contributed by atoms with Gasteiger partial charge in [0.1, 0.15) is 0 Å². The van der Waals surface area contributed by atoms with Crippen molar-refractivity contribution in [3.8, 4) is 5.75 Å². The first-order valence-electron chi connectivity index (χ1n) is 7.13. The van der Waals surface area contributed by atoms with Crippen LogP contribution in [0.2, 0.25) is 0 Å². The number of aromatic amines is 1. The Bertz CT molecular complexity index is 864. The lowest BCUT2D eigenvalue weighted by atomic mass is 10.2. The van der Waals surface area contributed by atoms with Gasteiger partial charge < -0.3 is 14.2 Å². The van der Waals surface area contributed by atoms with Gasteiger partial charge in [-0.05, 0) is 19.1 Å². The fourth-order valence-electron chi connectivity index (χ4n) is 2.21. The molecule has 2 heterocycles. The zero-order valence-electron chi connectivity index (χ0n) is 12.7. The standard InChI is InChI=1S/C16H17N3O3/c1-9(2)16-18-13(19-22-16)8-21-15-10(3)17-12-7-5-4-6-11(12)14(15)20/h4-7,9H,8H2,1-3H3,(H,17,20). The minimum Gasteiger partial charge on any atom is -0.480 e. The van der Waals surface area contributed by atoms with E-state index in [4.69, 9.17) is 9.26 Å². The van der Waals surface area contributed by atoms with E-state index in [1.54, 1.807) is 13.0 Å². The normalized spacial score (nSPS) is 11.3. The molecule has 3 aromatic rings. The molecular formula is C16H17N3O3. The van der Waals surface area contributed by atoms with Crippen LogP contribution in [-0.4, -0.2) is 15.1 Å². The second-order valence-electron chi connectivity index (χ2n) is 5.45.